The summed E-state index contributed by atoms with van der Waals surface area (Å²) in [4.78, 5) is 0. The van der Waals surface area contributed by atoms with Crippen molar-refractivity contribution >= 4 is 0 Å². The fraction of sp³-hybridized carbons (Fsp3) is 0.368. The Morgan fingerprint density at radius 1 is 1.09 bits per heavy atom. The molecule has 4 nitrogen and oxygen atoms in total. The van der Waals surface area contributed by atoms with Crippen LogP contribution in [-0.2, 0) is 6.42 Å². The van der Waals surface area contributed by atoms with Crippen LogP contribution < -0.4 is 19.5 Å². The average molecular weight is 311 g/mol. The summed E-state index contributed by atoms with van der Waals surface area (Å²) < 4.78 is 17.0. The van der Waals surface area contributed by atoms with Crippen LogP contribution in [-0.4, -0.2) is 26.4 Å². The fourth-order valence-corrected chi connectivity index (χ4v) is 3.31. The molecule has 0 amide bonds. The van der Waals surface area contributed by atoms with Crippen molar-refractivity contribution in [3.63, 3.8) is 0 Å². The molecule has 2 aromatic rings. The van der Waals surface area contributed by atoms with Crippen molar-refractivity contribution in [2.24, 2.45) is 0 Å². The molecule has 0 aromatic heterocycles. The Kier molecular flexibility index (Phi) is 3.83. The Hall–Kier alpha value is -2.20. The summed E-state index contributed by atoms with van der Waals surface area (Å²) in [5.41, 5.74) is 3.86. The molecule has 4 heteroatoms. The Morgan fingerprint density at radius 3 is 2.57 bits per heavy atom. The number of fused-ring (bicyclic) bond motifs is 2. The van der Waals surface area contributed by atoms with Gasteiger partial charge in [-0.1, -0.05) is 12.1 Å². The number of nitrogens with one attached hydrogen (secondary N) is 1. The summed E-state index contributed by atoms with van der Waals surface area (Å²) >= 11 is 0. The van der Waals surface area contributed by atoms with E-state index in [0.717, 1.165) is 30.2 Å². The lowest BCUT2D eigenvalue weighted by molar-refractivity contribution is 0.171. The SMILES string of the molecule is CCOc1ccc(C2NCCc3cc4c(cc32)OCCO4)cc1. The quantitative estimate of drug-likeness (QED) is 0.945. The minimum atomic E-state index is 0.185. The number of rotatable bonds is 3. The van der Waals surface area contributed by atoms with Gasteiger partial charge in [0.2, 0.25) is 0 Å². The summed E-state index contributed by atoms with van der Waals surface area (Å²) in [5, 5.41) is 3.61. The zero-order valence-electron chi connectivity index (χ0n) is 13.3. The maximum absolute atomic E-state index is 5.75. The first-order valence-electron chi connectivity index (χ1n) is 8.23. The van der Waals surface area contributed by atoms with Gasteiger partial charge in [0.15, 0.2) is 11.5 Å². The van der Waals surface area contributed by atoms with Crippen molar-refractivity contribution in [1.82, 2.24) is 5.32 Å². The van der Waals surface area contributed by atoms with Gasteiger partial charge in [-0.3, -0.25) is 0 Å². The van der Waals surface area contributed by atoms with Gasteiger partial charge in [0.1, 0.15) is 19.0 Å². The third kappa shape index (κ3) is 2.75. The molecule has 0 aliphatic carbocycles. The molecule has 2 aliphatic heterocycles. The van der Waals surface area contributed by atoms with E-state index < -0.39 is 0 Å². The van der Waals surface area contributed by atoms with E-state index in [2.05, 4.69) is 29.6 Å². The lowest BCUT2D eigenvalue weighted by atomic mass is 9.89. The van der Waals surface area contributed by atoms with E-state index in [1.165, 1.54) is 16.7 Å². The third-order valence-electron chi connectivity index (χ3n) is 4.38. The van der Waals surface area contributed by atoms with Crippen molar-refractivity contribution < 1.29 is 14.2 Å². The smallest absolute Gasteiger partial charge is 0.161 e. The van der Waals surface area contributed by atoms with Gasteiger partial charge in [0.25, 0.3) is 0 Å². The predicted molar refractivity (Wildman–Crippen MR) is 88.6 cm³/mol. The molecule has 0 spiro atoms. The van der Waals surface area contributed by atoms with Crippen LogP contribution in [0.15, 0.2) is 36.4 Å². The maximum Gasteiger partial charge on any atom is 0.161 e. The third-order valence-corrected chi connectivity index (χ3v) is 4.38. The summed E-state index contributed by atoms with van der Waals surface area (Å²) in [6.07, 6.45) is 1.01. The number of hydrogen-bond donors (Lipinski definition) is 1. The molecule has 2 aliphatic rings. The van der Waals surface area contributed by atoms with Gasteiger partial charge in [-0.2, -0.15) is 0 Å². The Balaban J connectivity index is 1.69. The monoisotopic (exact) mass is 311 g/mol. The highest BCUT2D eigenvalue weighted by Gasteiger charge is 2.25. The van der Waals surface area contributed by atoms with E-state index >= 15 is 0 Å². The van der Waals surface area contributed by atoms with Crippen molar-refractivity contribution in [2.75, 3.05) is 26.4 Å². The fourth-order valence-electron chi connectivity index (χ4n) is 3.31. The van der Waals surface area contributed by atoms with Crippen LogP contribution in [0.3, 0.4) is 0 Å². The molecule has 0 radical (unpaired) electrons. The molecule has 0 bridgehead atoms. The van der Waals surface area contributed by atoms with Crippen LogP contribution in [0.25, 0.3) is 0 Å². The molecule has 0 saturated carbocycles. The van der Waals surface area contributed by atoms with Crippen LogP contribution in [0.2, 0.25) is 0 Å². The van der Waals surface area contributed by atoms with Crippen LogP contribution in [0.1, 0.15) is 29.7 Å². The number of ether oxygens (including phenoxy) is 3. The second-order valence-electron chi connectivity index (χ2n) is 5.83. The molecule has 23 heavy (non-hydrogen) atoms. The van der Waals surface area contributed by atoms with Gasteiger partial charge in [-0.25, -0.2) is 0 Å². The van der Waals surface area contributed by atoms with Gasteiger partial charge in [0.05, 0.1) is 12.6 Å². The summed E-state index contributed by atoms with van der Waals surface area (Å²) in [6.45, 7) is 4.90. The van der Waals surface area contributed by atoms with Gasteiger partial charge < -0.3 is 19.5 Å². The van der Waals surface area contributed by atoms with E-state index in [4.69, 9.17) is 14.2 Å². The Morgan fingerprint density at radius 2 is 1.83 bits per heavy atom. The number of benzene rings is 2. The molecule has 0 saturated heterocycles. The van der Waals surface area contributed by atoms with E-state index in [1.807, 2.05) is 19.1 Å². The molecule has 2 heterocycles. The van der Waals surface area contributed by atoms with Gasteiger partial charge in [0, 0.05) is 6.54 Å². The van der Waals surface area contributed by atoms with E-state index in [0.29, 0.717) is 19.8 Å². The average Bonchev–Trinajstić information content (AvgIpc) is 2.60. The minimum absolute atomic E-state index is 0.185. The van der Waals surface area contributed by atoms with Crippen molar-refractivity contribution in [3.8, 4) is 17.2 Å². The molecule has 1 unspecified atom stereocenters. The zero-order valence-corrected chi connectivity index (χ0v) is 13.3. The first-order chi connectivity index (χ1) is 11.3. The maximum atomic E-state index is 5.75. The molecule has 0 fully saturated rings. The van der Waals surface area contributed by atoms with Gasteiger partial charge >= 0.3 is 0 Å². The molecule has 2 aromatic carbocycles. The normalized spacial score (nSPS) is 19.1. The standard InChI is InChI=1S/C19H21NO3/c1-2-21-15-5-3-13(4-6-15)19-16-12-18-17(22-9-10-23-18)11-14(16)7-8-20-19/h3-6,11-12,19-20H,2,7-10H2,1H3. The highest BCUT2D eigenvalue weighted by molar-refractivity contribution is 5.52. The first kappa shape index (κ1) is 14.4. The van der Waals surface area contributed by atoms with Crippen LogP contribution in [0.5, 0.6) is 17.2 Å². The molecule has 120 valence electrons. The number of hydrogen-bond acceptors (Lipinski definition) is 4. The van der Waals surface area contributed by atoms with Crippen LogP contribution in [0.4, 0.5) is 0 Å². The lowest BCUT2D eigenvalue weighted by Crippen LogP contribution is -2.31. The van der Waals surface area contributed by atoms with Gasteiger partial charge in [-0.05, 0) is 54.3 Å². The summed E-state index contributed by atoms with van der Waals surface area (Å²) in [7, 11) is 0. The Labute approximate surface area is 136 Å². The predicted octanol–water partition coefficient (Wildman–Crippen LogP) is 3.09. The van der Waals surface area contributed by atoms with Crippen molar-refractivity contribution in [2.45, 2.75) is 19.4 Å². The van der Waals surface area contributed by atoms with E-state index in [1.54, 1.807) is 0 Å². The Bertz CT molecular complexity index is 697. The van der Waals surface area contributed by atoms with Gasteiger partial charge in [-0.15, -0.1) is 0 Å². The van der Waals surface area contributed by atoms with Crippen molar-refractivity contribution in [3.05, 3.63) is 53.1 Å². The highest BCUT2D eigenvalue weighted by Crippen LogP contribution is 2.39. The molecule has 1 N–H and O–H groups in total. The van der Waals surface area contributed by atoms with Crippen LogP contribution >= 0.6 is 0 Å². The minimum Gasteiger partial charge on any atom is -0.494 e. The molecular weight excluding hydrogens is 290 g/mol. The second kappa shape index (κ2) is 6.13. The lowest BCUT2D eigenvalue weighted by Gasteiger charge is -2.30. The summed E-state index contributed by atoms with van der Waals surface area (Å²) in [6, 6.07) is 12.8. The van der Waals surface area contributed by atoms with E-state index in [9.17, 15) is 0 Å². The molecule has 1 atom stereocenters. The second-order valence-corrected chi connectivity index (χ2v) is 5.83. The molecule has 4 rings (SSSR count). The largest absolute Gasteiger partial charge is 0.494 e. The van der Waals surface area contributed by atoms with E-state index in [-0.39, 0.29) is 6.04 Å². The van der Waals surface area contributed by atoms with Crippen LogP contribution in [0, 0.1) is 0 Å². The van der Waals surface area contributed by atoms with Crippen molar-refractivity contribution in [1.29, 1.82) is 0 Å². The first-order valence-corrected chi connectivity index (χ1v) is 8.23. The topological polar surface area (TPSA) is 39.7 Å². The highest BCUT2D eigenvalue weighted by atomic mass is 16.6. The molecular formula is C19H21NO3. The summed E-state index contributed by atoms with van der Waals surface area (Å²) in [5.74, 6) is 2.64. The zero-order chi connectivity index (χ0) is 15.6.